The standard InChI is InChI=1S/C40H66F3N3O3/c1-17-29(24(2)3)39(33(47)46-26(6)22-31-32(28(46)8)27(7)30(23-44-31)40(41,42)43)19-18-36(13,34(39,9)10)45(16)37(14)20-21-48-35(11,12)38(37,15)49-25(4)5/h23-26,28-29H,17-22H2,1-16H3/t26?,28?,29?,36-,37+,38-,39+/m1/s1. The van der Waals surface area contributed by atoms with Crippen LogP contribution in [0.4, 0.5) is 13.2 Å². The summed E-state index contributed by atoms with van der Waals surface area (Å²) in [6.45, 7) is 32.5. The van der Waals surface area contributed by atoms with Crippen molar-refractivity contribution in [3.8, 4) is 0 Å². The van der Waals surface area contributed by atoms with Crippen LogP contribution in [0.5, 0.6) is 0 Å². The molecule has 7 atom stereocenters. The van der Waals surface area contributed by atoms with Gasteiger partial charge in [0.2, 0.25) is 5.91 Å². The zero-order valence-corrected chi connectivity index (χ0v) is 33.4. The van der Waals surface area contributed by atoms with Gasteiger partial charge in [-0.05, 0) is 124 Å². The number of amides is 1. The smallest absolute Gasteiger partial charge is 0.372 e. The van der Waals surface area contributed by atoms with E-state index >= 15 is 4.79 Å². The summed E-state index contributed by atoms with van der Waals surface area (Å²) in [7, 11) is 2.22. The van der Waals surface area contributed by atoms with Crippen molar-refractivity contribution in [2.75, 3.05) is 13.7 Å². The van der Waals surface area contributed by atoms with Crippen LogP contribution in [-0.4, -0.2) is 68.8 Å². The highest BCUT2D eigenvalue weighted by atomic mass is 19.4. The molecule has 0 spiro atoms. The van der Waals surface area contributed by atoms with E-state index in [4.69, 9.17) is 9.47 Å². The van der Waals surface area contributed by atoms with Crippen molar-refractivity contribution >= 4 is 5.91 Å². The number of ether oxygens (including phenoxy) is 2. The van der Waals surface area contributed by atoms with E-state index in [9.17, 15) is 13.2 Å². The van der Waals surface area contributed by atoms with Gasteiger partial charge in [-0.3, -0.25) is 14.7 Å². The van der Waals surface area contributed by atoms with Crippen LogP contribution in [0.1, 0.15) is 151 Å². The van der Waals surface area contributed by atoms with Crippen LogP contribution in [0.3, 0.4) is 0 Å². The summed E-state index contributed by atoms with van der Waals surface area (Å²) in [6.07, 6.45) is -0.0559. The fourth-order valence-electron chi connectivity index (χ4n) is 11.2. The Bertz CT molecular complexity index is 1410. The minimum atomic E-state index is -4.52. The molecule has 49 heavy (non-hydrogen) atoms. The minimum absolute atomic E-state index is 0.0186. The SMILES string of the molecule is CCC(C(C)C)[C@]1(C(=O)N2C(C)Cc3ncc(C(F)(F)F)c(C)c3C2C)CC[C@@](C)(N(C)[C@@]2(C)CCOC(C)(C)[C@@]2(C)OC(C)C)C1(C)C. The first-order valence-electron chi connectivity index (χ1n) is 18.7. The molecule has 3 heterocycles. The van der Waals surface area contributed by atoms with E-state index in [1.165, 1.54) is 6.92 Å². The number of hydrogen-bond acceptors (Lipinski definition) is 5. The van der Waals surface area contributed by atoms with Crippen LogP contribution >= 0.6 is 0 Å². The van der Waals surface area contributed by atoms with Crippen LogP contribution in [0.15, 0.2) is 6.20 Å². The van der Waals surface area contributed by atoms with E-state index in [1.807, 2.05) is 18.7 Å². The van der Waals surface area contributed by atoms with Gasteiger partial charge in [0.15, 0.2) is 0 Å². The highest BCUT2D eigenvalue weighted by Crippen LogP contribution is 2.68. The number of halogens is 3. The number of rotatable bonds is 8. The third-order valence-electron chi connectivity index (χ3n) is 14.7. The van der Waals surface area contributed by atoms with Gasteiger partial charge in [-0.15, -0.1) is 0 Å². The second-order valence-corrected chi connectivity index (χ2v) is 17.9. The highest BCUT2D eigenvalue weighted by molar-refractivity contribution is 5.86. The van der Waals surface area contributed by atoms with Crippen LogP contribution in [0.2, 0.25) is 0 Å². The number of pyridine rings is 1. The quantitative estimate of drug-likeness (QED) is 0.272. The summed E-state index contributed by atoms with van der Waals surface area (Å²) in [4.78, 5) is 24.6. The molecule has 1 saturated heterocycles. The van der Waals surface area contributed by atoms with E-state index in [0.29, 0.717) is 30.7 Å². The molecule has 0 bridgehead atoms. The van der Waals surface area contributed by atoms with Gasteiger partial charge in [-0.1, -0.05) is 41.0 Å². The van der Waals surface area contributed by atoms with Crippen molar-refractivity contribution < 1.29 is 27.4 Å². The zero-order chi connectivity index (χ0) is 37.5. The first-order chi connectivity index (χ1) is 22.2. The molecule has 2 fully saturated rings. The molecular weight excluding hydrogens is 627 g/mol. The topological polar surface area (TPSA) is 54.9 Å². The predicted octanol–water partition coefficient (Wildman–Crippen LogP) is 9.56. The lowest BCUT2D eigenvalue weighted by Crippen LogP contribution is -2.78. The Kier molecular flexibility index (Phi) is 10.4. The van der Waals surface area contributed by atoms with E-state index in [2.05, 4.69) is 100 Å². The fourth-order valence-corrected chi connectivity index (χ4v) is 11.2. The molecule has 1 amide bonds. The maximum Gasteiger partial charge on any atom is 0.418 e. The predicted molar refractivity (Wildman–Crippen MR) is 190 cm³/mol. The van der Waals surface area contributed by atoms with Crippen molar-refractivity contribution in [2.45, 2.75) is 183 Å². The first-order valence-corrected chi connectivity index (χ1v) is 18.7. The lowest BCUT2D eigenvalue weighted by molar-refractivity contribution is -0.296. The Morgan fingerprint density at radius 1 is 1.04 bits per heavy atom. The van der Waals surface area contributed by atoms with Gasteiger partial charge in [0.1, 0.15) is 5.60 Å². The molecular formula is C40H66F3N3O3. The number of likely N-dealkylation sites (N-methyl/N-ethyl adjacent to an activating group) is 1. The Hall–Kier alpha value is -1.71. The molecule has 1 aliphatic carbocycles. The van der Waals surface area contributed by atoms with Gasteiger partial charge in [0.05, 0.1) is 34.3 Å². The van der Waals surface area contributed by atoms with Crippen LogP contribution < -0.4 is 0 Å². The summed E-state index contributed by atoms with van der Waals surface area (Å²) in [5.74, 6) is 0.344. The lowest BCUT2D eigenvalue weighted by atomic mass is 9.52. The molecule has 1 aromatic heterocycles. The second kappa shape index (κ2) is 12.8. The molecule has 6 nitrogen and oxygen atoms in total. The molecule has 2 aliphatic heterocycles. The summed E-state index contributed by atoms with van der Waals surface area (Å²) in [6, 6.07) is -0.753. The summed E-state index contributed by atoms with van der Waals surface area (Å²) >= 11 is 0. The molecule has 3 unspecified atom stereocenters. The second-order valence-electron chi connectivity index (χ2n) is 17.9. The molecule has 4 rings (SSSR count). The molecule has 0 aromatic carbocycles. The number of aromatic nitrogens is 1. The number of alkyl halides is 3. The van der Waals surface area contributed by atoms with Gasteiger partial charge in [-0.25, -0.2) is 0 Å². The Balaban J connectivity index is 1.91. The van der Waals surface area contributed by atoms with Gasteiger partial charge >= 0.3 is 6.18 Å². The van der Waals surface area contributed by atoms with Crippen LogP contribution in [-0.2, 0) is 26.9 Å². The van der Waals surface area contributed by atoms with Gasteiger partial charge in [-0.2, -0.15) is 13.2 Å². The van der Waals surface area contributed by atoms with Gasteiger partial charge in [0, 0.05) is 36.5 Å². The molecule has 1 saturated carbocycles. The van der Waals surface area contributed by atoms with Crippen molar-refractivity contribution in [3.05, 3.63) is 28.6 Å². The average molecular weight is 694 g/mol. The average Bonchev–Trinajstić information content (AvgIpc) is 3.16. The number of fused-ring (bicyclic) bond motifs is 1. The van der Waals surface area contributed by atoms with E-state index < -0.39 is 50.9 Å². The highest BCUT2D eigenvalue weighted by Gasteiger charge is 2.72. The number of carbonyl (C=O) groups is 1. The lowest BCUT2D eigenvalue weighted by Gasteiger charge is -2.66. The van der Waals surface area contributed by atoms with Crippen molar-refractivity contribution in [2.24, 2.45) is 22.7 Å². The van der Waals surface area contributed by atoms with Gasteiger partial charge < -0.3 is 14.4 Å². The normalized spacial score (nSPS) is 35.3. The zero-order valence-electron chi connectivity index (χ0n) is 33.4. The fraction of sp³-hybridized carbons (Fsp3) is 0.850. The molecule has 0 radical (unpaired) electrons. The molecule has 1 aromatic rings. The van der Waals surface area contributed by atoms with Crippen molar-refractivity contribution in [3.63, 3.8) is 0 Å². The molecule has 280 valence electrons. The Labute approximate surface area is 295 Å². The summed E-state index contributed by atoms with van der Waals surface area (Å²) in [5.41, 5.74) is -2.76. The van der Waals surface area contributed by atoms with Crippen LogP contribution in [0, 0.1) is 29.6 Å². The maximum atomic E-state index is 15.8. The summed E-state index contributed by atoms with van der Waals surface area (Å²) in [5, 5.41) is 0. The van der Waals surface area contributed by atoms with Crippen molar-refractivity contribution in [1.82, 2.24) is 14.8 Å². The molecule has 0 N–H and O–H groups in total. The van der Waals surface area contributed by atoms with Crippen LogP contribution in [0.25, 0.3) is 0 Å². The summed E-state index contributed by atoms with van der Waals surface area (Å²) < 4.78 is 55.6. The number of carbonyl (C=O) groups excluding carboxylic acids is 1. The third-order valence-corrected chi connectivity index (χ3v) is 14.7. The largest absolute Gasteiger partial charge is 0.418 e. The third kappa shape index (κ3) is 5.60. The Morgan fingerprint density at radius 3 is 2.14 bits per heavy atom. The Morgan fingerprint density at radius 2 is 1.63 bits per heavy atom. The number of hydrogen-bond donors (Lipinski definition) is 0. The minimum Gasteiger partial charge on any atom is -0.372 e. The van der Waals surface area contributed by atoms with E-state index in [-0.39, 0.29) is 35.5 Å². The molecule has 9 heteroatoms. The van der Waals surface area contributed by atoms with E-state index in [1.54, 1.807) is 0 Å². The number of nitrogens with zero attached hydrogens (tertiary/aromatic N) is 3. The van der Waals surface area contributed by atoms with Crippen molar-refractivity contribution in [1.29, 1.82) is 0 Å². The first kappa shape index (κ1) is 40.1. The monoisotopic (exact) mass is 694 g/mol. The van der Waals surface area contributed by atoms with Gasteiger partial charge in [0.25, 0.3) is 0 Å². The maximum absolute atomic E-state index is 15.8. The molecule has 3 aliphatic rings. The van der Waals surface area contributed by atoms with E-state index in [0.717, 1.165) is 25.5 Å².